The number of carbonyl (C=O) groups excluding carboxylic acids is 2. The predicted molar refractivity (Wildman–Crippen MR) is 121 cm³/mol. The van der Waals surface area contributed by atoms with Gasteiger partial charge in [-0.1, -0.05) is 25.4 Å². The molecule has 0 fully saturated rings. The van der Waals surface area contributed by atoms with Crippen molar-refractivity contribution in [2.24, 2.45) is 5.92 Å². The number of amides is 2. The molecule has 0 aliphatic carbocycles. The molecule has 1 aromatic carbocycles. The van der Waals surface area contributed by atoms with Crippen LogP contribution in [0.1, 0.15) is 45.9 Å². The minimum Gasteiger partial charge on any atom is -0.444 e. The van der Waals surface area contributed by atoms with Crippen LogP contribution in [0.3, 0.4) is 0 Å². The van der Waals surface area contributed by atoms with E-state index in [9.17, 15) is 14.0 Å². The van der Waals surface area contributed by atoms with Crippen molar-refractivity contribution in [1.29, 1.82) is 0 Å². The van der Waals surface area contributed by atoms with Gasteiger partial charge >= 0.3 is 6.09 Å². The summed E-state index contributed by atoms with van der Waals surface area (Å²) >= 11 is 6.36. The summed E-state index contributed by atoms with van der Waals surface area (Å²) in [5.41, 5.74) is 0.835. The summed E-state index contributed by atoms with van der Waals surface area (Å²) < 4.78 is 21.0. The first kappa shape index (κ1) is 24.4. The number of anilines is 2. The Bertz CT molecular complexity index is 993. The third-order valence-corrected chi connectivity index (χ3v) is 4.32. The van der Waals surface area contributed by atoms with Crippen LogP contribution in [-0.4, -0.2) is 27.4 Å². The van der Waals surface area contributed by atoms with Gasteiger partial charge in [0.2, 0.25) is 5.91 Å². The smallest absolute Gasteiger partial charge is 0.412 e. The molecule has 0 spiro atoms. The largest absolute Gasteiger partial charge is 0.444 e. The molecule has 0 atom stereocenters. The van der Waals surface area contributed by atoms with E-state index in [1.165, 1.54) is 24.3 Å². The maximum absolute atomic E-state index is 14.1. The number of ether oxygens (including phenoxy) is 1. The van der Waals surface area contributed by atoms with Gasteiger partial charge in [0.05, 0.1) is 11.4 Å². The van der Waals surface area contributed by atoms with Gasteiger partial charge in [-0.25, -0.2) is 9.18 Å². The summed E-state index contributed by atoms with van der Waals surface area (Å²) in [4.78, 5) is 24.2. The second-order valence-electron chi connectivity index (χ2n) is 8.51. The van der Waals surface area contributed by atoms with E-state index >= 15 is 0 Å². The highest BCUT2D eigenvalue weighted by molar-refractivity contribution is 6.31. The molecule has 2 rings (SSSR count). The van der Waals surface area contributed by atoms with Crippen LogP contribution in [0.15, 0.2) is 24.3 Å². The summed E-state index contributed by atoms with van der Waals surface area (Å²) in [7, 11) is 0. The van der Waals surface area contributed by atoms with E-state index in [4.69, 9.17) is 16.3 Å². The Morgan fingerprint density at radius 1 is 1.29 bits per heavy atom. The van der Waals surface area contributed by atoms with Crippen molar-refractivity contribution in [1.82, 2.24) is 9.78 Å². The lowest BCUT2D eigenvalue weighted by molar-refractivity contribution is -0.111. The van der Waals surface area contributed by atoms with Gasteiger partial charge in [-0.15, -0.1) is 0 Å². The minimum atomic E-state index is -0.681. The van der Waals surface area contributed by atoms with Crippen molar-refractivity contribution in [3.05, 3.63) is 46.5 Å². The number of aromatic nitrogens is 2. The summed E-state index contributed by atoms with van der Waals surface area (Å²) in [6.45, 7) is 11.8. The van der Waals surface area contributed by atoms with Crippen LogP contribution < -0.4 is 10.6 Å². The molecule has 0 bridgehead atoms. The fourth-order valence-electron chi connectivity index (χ4n) is 2.68. The lowest BCUT2D eigenvalue weighted by Gasteiger charge is -2.19. The number of hydrogen-bond acceptors (Lipinski definition) is 4. The van der Waals surface area contributed by atoms with Gasteiger partial charge in [-0.3, -0.25) is 14.8 Å². The van der Waals surface area contributed by atoms with Crippen LogP contribution in [0.5, 0.6) is 0 Å². The van der Waals surface area contributed by atoms with E-state index in [0.717, 1.165) is 6.07 Å². The van der Waals surface area contributed by atoms with Gasteiger partial charge < -0.3 is 10.1 Å². The second kappa shape index (κ2) is 9.96. The molecule has 1 heterocycles. The second-order valence-corrected chi connectivity index (χ2v) is 8.87. The molecule has 2 amide bonds. The van der Waals surface area contributed by atoms with Crippen molar-refractivity contribution in [3.8, 4) is 0 Å². The molecule has 0 saturated heterocycles. The standard InChI is InChI=1S/C22H28ClFN4O3/c1-13(2)12-28-20(23)16(14(3)27-28)8-10-19(29)26-18-11-15(7-9-17(18)24)25-21(30)31-22(4,5)6/h7-11,13H,12H2,1-6H3,(H,25,30)(H,26,29). The Hall–Kier alpha value is -2.87. The lowest BCUT2D eigenvalue weighted by Crippen LogP contribution is -2.27. The van der Waals surface area contributed by atoms with Crippen molar-refractivity contribution in [3.63, 3.8) is 0 Å². The highest BCUT2D eigenvalue weighted by Crippen LogP contribution is 2.23. The molecule has 0 saturated carbocycles. The Morgan fingerprint density at radius 3 is 2.58 bits per heavy atom. The SMILES string of the molecule is Cc1nn(CC(C)C)c(Cl)c1C=CC(=O)Nc1cc(NC(=O)OC(C)(C)C)ccc1F. The monoisotopic (exact) mass is 450 g/mol. The fourth-order valence-corrected chi connectivity index (χ4v) is 2.98. The topological polar surface area (TPSA) is 85.3 Å². The predicted octanol–water partition coefficient (Wildman–Crippen LogP) is 5.64. The van der Waals surface area contributed by atoms with E-state index in [1.54, 1.807) is 32.4 Å². The van der Waals surface area contributed by atoms with Crippen molar-refractivity contribution in [2.75, 3.05) is 10.6 Å². The first-order chi connectivity index (χ1) is 14.4. The number of halogens is 2. The van der Waals surface area contributed by atoms with Gasteiger partial charge in [0, 0.05) is 23.9 Å². The zero-order valence-corrected chi connectivity index (χ0v) is 19.3. The van der Waals surface area contributed by atoms with Gasteiger partial charge in [-0.2, -0.15) is 5.10 Å². The van der Waals surface area contributed by atoms with Gasteiger partial charge in [0.25, 0.3) is 0 Å². The fraction of sp³-hybridized carbons (Fsp3) is 0.409. The van der Waals surface area contributed by atoms with E-state index < -0.39 is 23.4 Å². The molecule has 168 valence electrons. The molecule has 0 radical (unpaired) electrons. The van der Waals surface area contributed by atoms with Crippen LogP contribution in [-0.2, 0) is 16.1 Å². The minimum absolute atomic E-state index is 0.0819. The molecule has 2 N–H and O–H groups in total. The third kappa shape index (κ3) is 7.40. The normalized spacial score (nSPS) is 11.8. The van der Waals surface area contributed by atoms with E-state index in [2.05, 4.69) is 29.6 Å². The van der Waals surface area contributed by atoms with Crippen LogP contribution >= 0.6 is 11.6 Å². The molecule has 1 aromatic heterocycles. The van der Waals surface area contributed by atoms with Crippen molar-refractivity contribution < 1.29 is 18.7 Å². The highest BCUT2D eigenvalue weighted by atomic mass is 35.5. The third-order valence-electron chi connectivity index (χ3n) is 3.92. The molecule has 2 aromatic rings. The molecule has 31 heavy (non-hydrogen) atoms. The number of nitrogens with zero attached hydrogens (tertiary/aromatic N) is 2. The van der Waals surface area contributed by atoms with Crippen LogP contribution in [0.25, 0.3) is 6.08 Å². The summed E-state index contributed by atoms with van der Waals surface area (Å²) in [5.74, 6) is -0.836. The molecule has 0 unspecified atom stereocenters. The number of nitrogens with one attached hydrogen (secondary N) is 2. The summed E-state index contributed by atoms with van der Waals surface area (Å²) in [6.07, 6.45) is 2.11. The molecular formula is C22H28ClFN4O3. The number of benzene rings is 1. The molecular weight excluding hydrogens is 423 g/mol. The summed E-state index contributed by atoms with van der Waals surface area (Å²) in [5, 5.41) is 9.78. The van der Waals surface area contributed by atoms with Gasteiger partial charge in [0.1, 0.15) is 16.6 Å². The number of hydrogen-bond donors (Lipinski definition) is 2. The Labute approximate surface area is 186 Å². The Kier molecular flexibility index (Phi) is 7.84. The average molecular weight is 451 g/mol. The Balaban J connectivity index is 2.10. The number of carbonyl (C=O) groups is 2. The number of rotatable bonds is 6. The molecule has 7 nitrogen and oxygen atoms in total. The van der Waals surface area contributed by atoms with E-state index in [0.29, 0.717) is 28.9 Å². The zero-order valence-electron chi connectivity index (χ0n) is 18.5. The molecule has 9 heteroatoms. The quantitative estimate of drug-likeness (QED) is 0.558. The first-order valence-electron chi connectivity index (χ1n) is 9.87. The van der Waals surface area contributed by atoms with Crippen molar-refractivity contribution >= 4 is 41.1 Å². The highest BCUT2D eigenvalue weighted by Gasteiger charge is 2.17. The van der Waals surface area contributed by atoms with E-state index in [1.807, 2.05) is 0 Å². The van der Waals surface area contributed by atoms with Crippen molar-refractivity contribution in [2.45, 2.75) is 53.7 Å². The van der Waals surface area contributed by atoms with Gasteiger partial charge in [0.15, 0.2) is 0 Å². The molecule has 0 aliphatic rings. The van der Waals surface area contributed by atoms with E-state index in [-0.39, 0.29) is 11.4 Å². The Morgan fingerprint density at radius 2 is 1.97 bits per heavy atom. The first-order valence-corrected chi connectivity index (χ1v) is 10.2. The van der Waals surface area contributed by atoms with Gasteiger partial charge in [-0.05, 0) is 57.9 Å². The zero-order chi connectivity index (χ0) is 23.3. The maximum Gasteiger partial charge on any atom is 0.412 e. The van der Waals surface area contributed by atoms with Crippen LogP contribution in [0.4, 0.5) is 20.6 Å². The average Bonchev–Trinajstić information content (AvgIpc) is 2.87. The van der Waals surface area contributed by atoms with Crippen LogP contribution in [0.2, 0.25) is 5.15 Å². The molecule has 0 aliphatic heterocycles. The maximum atomic E-state index is 14.1. The lowest BCUT2D eigenvalue weighted by atomic mass is 10.2. The number of aryl methyl sites for hydroxylation is 1. The van der Waals surface area contributed by atoms with Crippen LogP contribution in [0, 0.1) is 18.7 Å². The summed E-state index contributed by atoms with van der Waals surface area (Å²) in [6, 6.07) is 3.82.